The maximum atomic E-state index is 14.4. The number of hydrogen-bond acceptors (Lipinski definition) is 5. The number of imide groups is 1. The van der Waals surface area contributed by atoms with Crippen LogP contribution in [0.5, 0.6) is 0 Å². The van der Waals surface area contributed by atoms with Crippen molar-refractivity contribution in [3.8, 4) is 0 Å². The lowest BCUT2D eigenvalue weighted by Gasteiger charge is -2.20. The van der Waals surface area contributed by atoms with Crippen LogP contribution in [0.3, 0.4) is 0 Å². The maximum Gasteiger partial charge on any atom is 0.412 e. The van der Waals surface area contributed by atoms with Gasteiger partial charge < -0.3 is 5.73 Å². The van der Waals surface area contributed by atoms with E-state index in [4.69, 9.17) is 11.6 Å². The number of allylic oxidation sites excluding steroid dienone is 3. The minimum Gasteiger partial charge on any atom is -0.333 e. The molecule has 0 aliphatic carbocycles. The number of amides is 2. The van der Waals surface area contributed by atoms with E-state index >= 15 is 0 Å². The van der Waals surface area contributed by atoms with Gasteiger partial charge in [0.2, 0.25) is 5.91 Å². The Morgan fingerprint density at radius 2 is 1.59 bits per heavy atom. The molecule has 0 atom stereocenters. The van der Waals surface area contributed by atoms with Gasteiger partial charge in [-0.05, 0) is 40.0 Å². The number of halogens is 5. The van der Waals surface area contributed by atoms with Crippen molar-refractivity contribution >= 4 is 47.2 Å². The molecule has 0 aliphatic rings. The van der Waals surface area contributed by atoms with Crippen LogP contribution in [0.15, 0.2) is 39.2 Å². The normalized spacial score (nSPS) is 10.7. The van der Waals surface area contributed by atoms with E-state index in [0.717, 1.165) is 30.8 Å². The summed E-state index contributed by atoms with van der Waals surface area (Å²) in [7, 11) is 1.50. The molecule has 1 aromatic rings. The van der Waals surface area contributed by atoms with Crippen LogP contribution in [0.1, 0.15) is 41.5 Å². The highest BCUT2D eigenvalue weighted by Crippen LogP contribution is 2.38. The lowest BCUT2D eigenvalue weighted by Crippen LogP contribution is -2.35. The zero-order chi connectivity index (χ0) is 25.8. The van der Waals surface area contributed by atoms with E-state index in [1.165, 1.54) is 7.05 Å². The van der Waals surface area contributed by atoms with Crippen molar-refractivity contribution in [1.82, 2.24) is 0 Å². The molecule has 180 valence electrons. The lowest BCUT2D eigenvalue weighted by molar-refractivity contribution is -0.123. The third-order valence-corrected chi connectivity index (χ3v) is 5.09. The fraction of sp³-hybridized carbons (Fsp3) is 0.381. The molecule has 0 saturated heterocycles. The van der Waals surface area contributed by atoms with Gasteiger partial charge in [0, 0.05) is 23.5 Å². The van der Waals surface area contributed by atoms with E-state index in [1.54, 1.807) is 13.8 Å². The highest BCUT2D eigenvalue weighted by molar-refractivity contribution is 8.04. The van der Waals surface area contributed by atoms with Crippen LogP contribution in [0, 0.1) is 5.82 Å². The first-order chi connectivity index (χ1) is 14.8. The van der Waals surface area contributed by atoms with Crippen LogP contribution in [-0.4, -0.2) is 31.3 Å². The van der Waals surface area contributed by atoms with Gasteiger partial charge in [0.25, 0.3) is 5.91 Å². The van der Waals surface area contributed by atoms with Gasteiger partial charge in [0.05, 0.1) is 15.6 Å². The van der Waals surface area contributed by atoms with Crippen LogP contribution in [0.25, 0.3) is 0 Å². The van der Waals surface area contributed by atoms with E-state index in [0.29, 0.717) is 18.8 Å². The number of carbonyl (C=O) groups excluding carboxylic acids is 3. The summed E-state index contributed by atoms with van der Waals surface area (Å²) in [6.45, 7) is 8.87. The Morgan fingerprint density at radius 1 is 1.09 bits per heavy atom. The van der Waals surface area contributed by atoms with E-state index < -0.39 is 35.1 Å². The third-order valence-electron chi connectivity index (χ3n) is 3.38. The Balaban J connectivity index is 0. The Morgan fingerprint density at radius 3 is 1.97 bits per heavy atom. The average molecular weight is 499 g/mol. The summed E-state index contributed by atoms with van der Waals surface area (Å²) in [5, 5.41) is -0.0928. The number of benzene rings is 1. The van der Waals surface area contributed by atoms with Gasteiger partial charge in [0.1, 0.15) is 5.82 Å². The number of aldehydes is 1. The second-order valence-electron chi connectivity index (χ2n) is 5.84. The first-order valence-electron chi connectivity index (χ1n) is 9.27. The average Bonchev–Trinajstić information content (AvgIpc) is 2.70. The third kappa shape index (κ3) is 9.54. The summed E-state index contributed by atoms with van der Waals surface area (Å²) in [6, 6.07) is 1.85. The summed E-state index contributed by atoms with van der Waals surface area (Å²) in [4.78, 5) is 36.0. The monoisotopic (exact) mass is 498 g/mol. The van der Waals surface area contributed by atoms with Crippen molar-refractivity contribution in [2.75, 3.05) is 11.9 Å². The number of nitrogens with two attached hydrogens (primary N) is 1. The molecule has 2 amide bonds. The molecular formula is C21H27ClF4N2O3S. The molecule has 0 radical (unpaired) electrons. The van der Waals surface area contributed by atoms with E-state index in [-0.39, 0.29) is 25.8 Å². The van der Waals surface area contributed by atoms with Gasteiger partial charge in [-0.2, -0.15) is 13.2 Å². The number of thioether (sulfide) groups is 1. The number of carbonyl (C=O) groups is 3. The van der Waals surface area contributed by atoms with Crippen LogP contribution in [-0.2, 0) is 14.4 Å². The molecule has 0 aromatic heterocycles. The summed E-state index contributed by atoms with van der Waals surface area (Å²) < 4.78 is 52.4. The first kappa shape index (κ1) is 32.0. The van der Waals surface area contributed by atoms with Gasteiger partial charge in [-0.25, -0.2) is 9.29 Å². The van der Waals surface area contributed by atoms with Crippen molar-refractivity contribution in [1.29, 1.82) is 0 Å². The maximum absolute atomic E-state index is 14.4. The minimum atomic E-state index is -4.78. The van der Waals surface area contributed by atoms with E-state index in [1.807, 2.05) is 13.8 Å². The molecule has 1 aromatic carbocycles. The molecule has 0 aliphatic heterocycles. The lowest BCUT2D eigenvalue weighted by atomic mass is 10.2. The fourth-order valence-corrected chi connectivity index (χ4v) is 2.99. The van der Waals surface area contributed by atoms with Crippen LogP contribution in [0.4, 0.5) is 23.2 Å². The van der Waals surface area contributed by atoms with E-state index in [9.17, 15) is 31.9 Å². The molecule has 0 fully saturated rings. The zero-order valence-corrected chi connectivity index (χ0v) is 20.4. The summed E-state index contributed by atoms with van der Waals surface area (Å²) in [6.07, 6.45) is -4.02. The highest BCUT2D eigenvalue weighted by Gasteiger charge is 2.32. The Labute approximate surface area is 194 Å². The highest BCUT2D eigenvalue weighted by atomic mass is 35.5. The molecule has 0 bridgehead atoms. The number of nitrogens with zero attached hydrogens (tertiary/aromatic N) is 1. The largest absolute Gasteiger partial charge is 0.412 e. The first-order valence-corrected chi connectivity index (χ1v) is 10.5. The SMILES string of the molecule is CC.CC(=O)N(C(=O)/C=C(\C)C(F)(F)F)c1cc(SC(C=O)=C(C)C)c(Cl)cc1F.CN. The predicted molar refractivity (Wildman–Crippen MR) is 121 cm³/mol. The number of alkyl halides is 3. The van der Waals surface area contributed by atoms with Crippen molar-refractivity contribution in [3.05, 3.63) is 45.1 Å². The molecule has 5 nitrogen and oxygen atoms in total. The van der Waals surface area contributed by atoms with Crippen LogP contribution >= 0.6 is 23.4 Å². The van der Waals surface area contributed by atoms with Crippen molar-refractivity contribution in [3.63, 3.8) is 0 Å². The number of hydrogen-bond donors (Lipinski definition) is 1. The Bertz CT molecular complexity index is 881. The van der Waals surface area contributed by atoms with Crippen molar-refractivity contribution in [2.45, 2.75) is 52.6 Å². The molecular weight excluding hydrogens is 472 g/mol. The number of rotatable bonds is 5. The predicted octanol–water partition coefficient (Wildman–Crippen LogP) is 6.05. The molecule has 0 unspecified atom stereocenters. The second-order valence-corrected chi connectivity index (χ2v) is 7.33. The Hall–Kier alpha value is -2.17. The molecule has 0 spiro atoms. The molecule has 0 saturated carbocycles. The minimum absolute atomic E-state index is 0.0928. The second kappa shape index (κ2) is 14.8. The molecule has 0 heterocycles. The van der Waals surface area contributed by atoms with Gasteiger partial charge in [-0.15, -0.1) is 0 Å². The molecule has 2 N–H and O–H groups in total. The zero-order valence-electron chi connectivity index (χ0n) is 18.9. The standard InChI is InChI=1S/C18H16ClF4NO3S.C2H6.CH5N/c1-9(2)16(8-25)28-15-7-14(13(20)6-12(15)19)24(11(4)26)17(27)5-10(3)18(21,22)23;2*1-2/h5-8H,1-4H3;1-2H3;2H2,1H3/b10-5+;;. The summed E-state index contributed by atoms with van der Waals surface area (Å²) >= 11 is 6.84. The summed E-state index contributed by atoms with van der Waals surface area (Å²) in [5.41, 5.74) is 3.32. The topological polar surface area (TPSA) is 80.5 Å². The number of anilines is 1. The fourth-order valence-electron chi connectivity index (χ4n) is 1.91. The smallest absolute Gasteiger partial charge is 0.333 e. The van der Waals surface area contributed by atoms with E-state index in [2.05, 4.69) is 5.73 Å². The van der Waals surface area contributed by atoms with Crippen LogP contribution in [0.2, 0.25) is 5.02 Å². The van der Waals surface area contributed by atoms with Crippen molar-refractivity contribution < 1.29 is 31.9 Å². The van der Waals surface area contributed by atoms with Gasteiger partial charge in [0.15, 0.2) is 6.29 Å². The van der Waals surface area contributed by atoms with Crippen LogP contribution < -0.4 is 10.6 Å². The summed E-state index contributed by atoms with van der Waals surface area (Å²) in [5.74, 6) is -3.44. The van der Waals surface area contributed by atoms with Crippen molar-refractivity contribution in [2.24, 2.45) is 5.73 Å². The van der Waals surface area contributed by atoms with Gasteiger partial charge in [-0.3, -0.25) is 14.4 Å². The van der Waals surface area contributed by atoms with Gasteiger partial charge >= 0.3 is 6.18 Å². The molecule has 32 heavy (non-hydrogen) atoms. The van der Waals surface area contributed by atoms with Gasteiger partial charge in [-0.1, -0.05) is 42.8 Å². The molecule has 1 rings (SSSR count). The Kier molecular flexibility index (Phi) is 14.8. The molecule has 11 heteroatoms. The quantitative estimate of drug-likeness (QED) is 0.231.